The molecule has 0 unspecified atom stereocenters. The molecule has 0 heterocycles. The summed E-state index contributed by atoms with van der Waals surface area (Å²) in [5.74, 6) is 0. The minimum absolute atomic E-state index is 0.423. The van der Waals surface area contributed by atoms with Gasteiger partial charge in [-0.3, -0.25) is 0 Å². The molecule has 0 fully saturated rings. The Morgan fingerprint density at radius 1 is 1.00 bits per heavy atom. The van der Waals surface area contributed by atoms with Crippen LogP contribution in [0.25, 0.3) is 0 Å². The molecule has 0 saturated carbocycles. The Labute approximate surface area is 95.6 Å². The van der Waals surface area contributed by atoms with E-state index in [1.165, 1.54) is 0 Å². The maximum absolute atomic E-state index is 5.85. The topological polar surface area (TPSA) is 0 Å². The van der Waals surface area contributed by atoms with Gasteiger partial charge in [-0.15, -0.1) is 0 Å². The molecular weight excluding hydrogens is 414 g/mol. The normalized spacial score (nSPS) is 9.45. The fourth-order valence-electron chi connectivity index (χ4n) is 0.669. The third kappa shape index (κ3) is 2.38. The van der Waals surface area contributed by atoms with E-state index in [0.717, 1.165) is 3.07 Å². The monoisotopic (exact) mass is 416 g/mol. The predicted molar refractivity (Wildman–Crippen MR) is 47.0 cm³/mol. The Morgan fingerprint density at radius 3 is 2.18 bits per heavy atom. The summed E-state index contributed by atoms with van der Waals surface area (Å²) < 4.78 is 1.02. The molecule has 0 radical (unpaired) electrons. The number of rotatable bonds is 1. The van der Waals surface area contributed by atoms with Crippen LogP contribution in [0.1, 0.15) is 0 Å². The molecule has 0 spiro atoms. The summed E-state index contributed by atoms with van der Waals surface area (Å²) in [5.41, 5.74) is 0. The second-order valence-electron chi connectivity index (χ2n) is 1.97. The van der Waals surface area contributed by atoms with Crippen LogP contribution in [0.4, 0.5) is 0 Å². The molecule has 1 aromatic carbocycles. The predicted octanol–water partition coefficient (Wildman–Crippen LogP) is 3.51. The van der Waals surface area contributed by atoms with Gasteiger partial charge in [0.15, 0.2) is 0 Å². The second-order valence-corrected chi connectivity index (χ2v) is 9.48. The SMILES string of the molecule is [Cl][Hg][c]1ccc(Cl)c(Cl)c1Cl. The third-order valence-electron chi connectivity index (χ3n) is 1.26. The molecule has 0 bridgehead atoms. The number of halogens is 4. The maximum atomic E-state index is 5.85. The molecule has 0 nitrogen and oxygen atoms in total. The first-order valence-electron chi connectivity index (χ1n) is 2.85. The Balaban J connectivity index is 3.25. The molecule has 5 heteroatoms. The van der Waals surface area contributed by atoms with E-state index in [1.807, 2.05) is 6.07 Å². The Bertz CT molecular complexity index is 274. The van der Waals surface area contributed by atoms with E-state index in [1.54, 1.807) is 6.07 Å². The van der Waals surface area contributed by atoms with E-state index in [0.29, 0.717) is 15.1 Å². The zero-order valence-electron chi connectivity index (χ0n) is 5.37. The first-order valence-corrected chi connectivity index (χ1v) is 13.5. The van der Waals surface area contributed by atoms with Gasteiger partial charge in [0.25, 0.3) is 0 Å². The summed E-state index contributed by atoms with van der Waals surface area (Å²) in [5, 5.41) is 1.45. The summed E-state index contributed by atoms with van der Waals surface area (Å²) >= 11 is 15.9. The van der Waals surface area contributed by atoms with E-state index >= 15 is 0 Å². The molecule has 0 aliphatic heterocycles. The van der Waals surface area contributed by atoms with Crippen molar-refractivity contribution in [3.05, 3.63) is 27.2 Å². The van der Waals surface area contributed by atoms with E-state index in [9.17, 15) is 0 Å². The van der Waals surface area contributed by atoms with Gasteiger partial charge in [-0.25, -0.2) is 0 Å². The zero-order valence-corrected chi connectivity index (χ0v) is 13.9. The third-order valence-corrected chi connectivity index (χ3v) is 9.40. The number of hydrogen-bond donors (Lipinski definition) is 0. The summed E-state index contributed by atoms with van der Waals surface area (Å²) in [6.45, 7) is 0. The van der Waals surface area contributed by atoms with Crippen molar-refractivity contribution >= 4 is 46.1 Å². The van der Waals surface area contributed by atoms with Crippen molar-refractivity contribution < 1.29 is 23.3 Å². The minimum atomic E-state index is -1.45. The Morgan fingerprint density at radius 2 is 1.64 bits per heavy atom. The van der Waals surface area contributed by atoms with Crippen LogP contribution in [-0.2, 0) is 23.3 Å². The summed E-state index contributed by atoms with van der Waals surface area (Å²) in [6, 6.07) is 3.58. The van der Waals surface area contributed by atoms with Crippen LogP contribution in [0.5, 0.6) is 0 Å². The fourth-order valence-corrected chi connectivity index (χ4v) is 6.75. The first-order chi connectivity index (χ1) is 5.16. The van der Waals surface area contributed by atoms with Crippen LogP contribution in [0.2, 0.25) is 15.1 Å². The van der Waals surface area contributed by atoms with Gasteiger partial charge < -0.3 is 0 Å². The number of hydrogen-bond acceptors (Lipinski definition) is 0. The molecule has 1 aromatic rings. The molecule has 56 valence electrons. The van der Waals surface area contributed by atoms with E-state index < -0.39 is 23.3 Å². The van der Waals surface area contributed by atoms with Gasteiger partial charge in [-0.2, -0.15) is 0 Å². The molecule has 0 aliphatic rings. The van der Waals surface area contributed by atoms with Crippen molar-refractivity contribution in [1.29, 1.82) is 0 Å². The molecule has 0 aliphatic carbocycles. The van der Waals surface area contributed by atoms with Gasteiger partial charge in [0.2, 0.25) is 0 Å². The van der Waals surface area contributed by atoms with Crippen LogP contribution >= 0.6 is 43.1 Å². The molecule has 11 heavy (non-hydrogen) atoms. The van der Waals surface area contributed by atoms with Crippen molar-refractivity contribution in [2.75, 3.05) is 0 Å². The quantitative estimate of drug-likeness (QED) is 0.486. The van der Waals surface area contributed by atoms with Gasteiger partial charge >= 0.3 is 96.7 Å². The van der Waals surface area contributed by atoms with E-state index in [2.05, 4.69) is 0 Å². The zero-order chi connectivity index (χ0) is 8.43. The molecule has 0 aromatic heterocycles. The Hall–Kier alpha value is 1.32. The molecule has 0 saturated heterocycles. The van der Waals surface area contributed by atoms with Gasteiger partial charge in [-0.1, -0.05) is 0 Å². The average molecular weight is 416 g/mol. The van der Waals surface area contributed by atoms with Crippen LogP contribution in [0.3, 0.4) is 0 Å². The van der Waals surface area contributed by atoms with Gasteiger partial charge in [0.05, 0.1) is 0 Å². The van der Waals surface area contributed by atoms with Crippen LogP contribution in [0, 0.1) is 0 Å². The van der Waals surface area contributed by atoms with Crippen molar-refractivity contribution in [3.63, 3.8) is 0 Å². The molecule has 0 amide bonds. The fraction of sp³-hybridized carbons (Fsp3) is 0. The average Bonchev–Trinajstić information content (AvgIpc) is 2.01. The summed E-state index contributed by atoms with van der Waals surface area (Å²) in [7, 11) is 5.79. The van der Waals surface area contributed by atoms with Gasteiger partial charge in [-0.05, 0) is 0 Å². The van der Waals surface area contributed by atoms with Crippen LogP contribution in [-0.4, -0.2) is 0 Å². The van der Waals surface area contributed by atoms with Crippen molar-refractivity contribution in [2.45, 2.75) is 0 Å². The standard InChI is InChI=1S/C6H2Cl3.ClH.Hg/c7-4-2-1-3-5(8)6(4)9;;/h1-2H;1H;/q;;+1/p-1. The second kappa shape index (κ2) is 4.52. The van der Waals surface area contributed by atoms with Gasteiger partial charge in [0, 0.05) is 0 Å². The first kappa shape index (κ1) is 10.4. The van der Waals surface area contributed by atoms with Crippen molar-refractivity contribution in [3.8, 4) is 0 Å². The summed E-state index contributed by atoms with van der Waals surface area (Å²) in [4.78, 5) is 0. The van der Waals surface area contributed by atoms with Gasteiger partial charge in [0.1, 0.15) is 0 Å². The van der Waals surface area contributed by atoms with Crippen molar-refractivity contribution in [1.82, 2.24) is 0 Å². The van der Waals surface area contributed by atoms with Crippen LogP contribution in [0.15, 0.2) is 12.1 Å². The molecule has 0 N–H and O–H groups in total. The van der Waals surface area contributed by atoms with E-state index in [4.69, 9.17) is 43.1 Å². The van der Waals surface area contributed by atoms with Crippen LogP contribution < -0.4 is 3.07 Å². The van der Waals surface area contributed by atoms with Crippen molar-refractivity contribution in [2.24, 2.45) is 0 Å². The molecule has 1 rings (SSSR count). The Kier molecular flexibility index (Phi) is 4.27. The van der Waals surface area contributed by atoms with E-state index in [-0.39, 0.29) is 0 Å². The molecule has 0 atom stereocenters. The molecular formula is C6H2Cl4Hg. The summed E-state index contributed by atoms with van der Waals surface area (Å²) in [6.07, 6.45) is 0. The number of benzene rings is 1.